The monoisotopic (exact) mass is 304 g/mol. The fraction of sp³-hybridized carbons (Fsp3) is 0.267. The minimum atomic E-state index is 0.846. The molecule has 0 fully saturated rings. The number of nitrogens with zero attached hydrogens (tertiary/aromatic N) is 2. The lowest BCUT2D eigenvalue weighted by Gasteiger charge is -2.24. The van der Waals surface area contributed by atoms with Crippen molar-refractivity contribution in [2.45, 2.75) is 19.2 Å². The Labute approximate surface area is 117 Å². The van der Waals surface area contributed by atoms with Gasteiger partial charge in [-0.05, 0) is 37.1 Å². The van der Waals surface area contributed by atoms with E-state index in [2.05, 4.69) is 70.0 Å². The van der Waals surface area contributed by atoms with Gasteiger partial charge in [0.2, 0.25) is 0 Å². The highest BCUT2D eigenvalue weighted by atomic mass is 79.9. The molecule has 0 unspecified atom stereocenters. The van der Waals surface area contributed by atoms with Gasteiger partial charge in [-0.15, -0.1) is 0 Å². The van der Waals surface area contributed by atoms with Gasteiger partial charge in [-0.1, -0.05) is 40.2 Å². The molecular formula is C15H17BrN2. The maximum Gasteiger partial charge on any atom is 0.135 e. The zero-order valence-corrected chi connectivity index (χ0v) is 12.3. The molecule has 0 amide bonds. The lowest BCUT2D eigenvalue weighted by atomic mass is 10.2. The van der Waals surface area contributed by atoms with E-state index < -0.39 is 0 Å². The van der Waals surface area contributed by atoms with Crippen LogP contribution >= 0.6 is 15.9 Å². The van der Waals surface area contributed by atoms with E-state index >= 15 is 0 Å². The molecular weight excluding hydrogens is 288 g/mol. The third-order valence-electron chi connectivity index (χ3n) is 2.90. The Balaban J connectivity index is 2.39. The molecule has 1 aromatic carbocycles. The highest BCUT2D eigenvalue weighted by Gasteiger charge is 2.11. The SMILES string of the molecule is CCN(c1ccccc1)c1ncc(CBr)cc1C. The Kier molecular flexibility index (Phi) is 4.37. The van der Waals surface area contributed by atoms with Gasteiger partial charge in [0, 0.05) is 23.8 Å². The van der Waals surface area contributed by atoms with Gasteiger partial charge in [0.25, 0.3) is 0 Å². The molecule has 1 heterocycles. The molecule has 3 heteroatoms. The molecule has 0 spiro atoms. The second-order valence-electron chi connectivity index (χ2n) is 4.20. The molecule has 0 aliphatic heterocycles. The molecule has 0 aliphatic carbocycles. The largest absolute Gasteiger partial charge is 0.326 e. The maximum absolute atomic E-state index is 4.59. The number of benzene rings is 1. The van der Waals surface area contributed by atoms with Gasteiger partial charge in [0.05, 0.1) is 0 Å². The second-order valence-corrected chi connectivity index (χ2v) is 4.76. The van der Waals surface area contributed by atoms with Crippen LogP contribution < -0.4 is 4.90 Å². The maximum atomic E-state index is 4.59. The first-order valence-electron chi connectivity index (χ1n) is 6.10. The summed E-state index contributed by atoms with van der Waals surface area (Å²) >= 11 is 3.46. The van der Waals surface area contributed by atoms with Crippen LogP contribution in [0.1, 0.15) is 18.1 Å². The molecule has 0 radical (unpaired) electrons. The third kappa shape index (κ3) is 2.72. The van der Waals surface area contributed by atoms with Gasteiger partial charge in [-0.3, -0.25) is 0 Å². The number of para-hydroxylation sites is 1. The van der Waals surface area contributed by atoms with Crippen LogP contribution in [0.15, 0.2) is 42.6 Å². The van der Waals surface area contributed by atoms with Crippen LogP contribution in [0.25, 0.3) is 0 Å². The van der Waals surface area contributed by atoms with Crippen molar-refractivity contribution < 1.29 is 0 Å². The summed E-state index contributed by atoms with van der Waals surface area (Å²) in [6.45, 7) is 5.16. The number of aryl methyl sites for hydroxylation is 1. The summed E-state index contributed by atoms with van der Waals surface area (Å²) in [7, 11) is 0. The van der Waals surface area contributed by atoms with Gasteiger partial charge in [-0.25, -0.2) is 4.98 Å². The molecule has 0 saturated carbocycles. The second kappa shape index (κ2) is 6.01. The minimum absolute atomic E-state index is 0.846. The van der Waals surface area contributed by atoms with Crippen LogP contribution in [0, 0.1) is 6.92 Å². The molecule has 2 rings (SSSR count). The van der Waals surface area contributed by atoms with Crippen LogP contribution in [-0.2, 0) is 5.33 Å². The number of halogens is 1. The van der Waals surface area contributed by atoms with Crippen molar-refractivity contribution in [1.29, 1.82) is 0 Å². The number of anilines is 2. The zero-order valence-electron chi connectivity index (χ0n) is 10.7. The third-order valence-corrected chi connectivity index (χ3v) is 3.55. The summed E-state index contributed by atoms with van der Waals surface area (Å²) in [5.74, 6) is 1.04. The first-order valence-corrected chi connectivity index (χ1v) is 7.22. The van der Waals surface area contributed by atoms with Gasteiger partial charge < -0.3 is 4.90 Å². The Hall–Kier alpha value is -1.35. The number of pyridine rings is 1. The highest BCUT2D eigenvalue weighted by Crippen LogP contribution is 2.26. The van der Waals surface area contributed by atoms with Crippen molar-refractivity contribution in [3.63, 3.8) is 0 Å². The van der Waals surface area contributed by atoms with Gasteiger partial charge in [0.15, 0.2) is 0 Å². The molecule has 0 saturated heterocycles. The smallest absolute Gasteiger partial charge is 0.135 e. The predicted molar refractivity (Wildman–Crippen MR) is 80.7 cm³/mol. The summed E-state index contributed by atoms with van der Waals surface area (Å²) in [5, 5.41) is 0.846. The van der Waals surface area contributed by atoms with E-state index in [1.807, 2.05) is 12.3 Å². The van der Waals surface area contributed by atoms with Crippen LogP contribution in [0.4, 0.5) is 11.5 Å². The van der Waals surface area contributed by atoms with Crippen molar-refractivity contribution >= 4 is 27.4 Å². The molecule has 1 aromatic heterocycles. The van der Waals surface area contributed by atoms with E-state index in [1.54, 1.807) is 0 Å². The minimum Gasteiger partial charge on any atom is -0.326 e. The molecule has 0 bridgehead atoms. The van der Waals surface area contributed by atoms with E-state index in [1.165, 1.54) is 16.8 Å². The lowest BCUT2D eigenvalue weighted by molar-refractivity contribution is 0.975. The van der Waals surface area contributed by atoms with Crippen LogP contribution in [0.5, 0.6) is 0 Å². The molecule has 0 aliphatic rings. The Morgan fingerprint density at radius 2 is 1.94 bits per heavy atom. The number of alkyl halides is 1. The fourth-order valence-corrected chi connectivity index (χ4v) is 2.35. The molecule has 0 atom stereocenters. The van der Waals surface area contributed by atoms with Crippen molar-refractivity contribution in [1.82, 2.24) is 4.98 Å². The van der Waals surface area contributed by atoms with Gasteiger partial charge in [0.1, 0.15) is 5.82 Å². The molecule has 18 heavy (non-hydrogen) atoms. The molecule has 2 aromatic rings. The summed E-state index contributed by atoms with van der Waals surface area (Å²) in [6.07, 6.45) is 1.93. The Bertz CT molecular complexity index is 511. The summed E-state index contributed by atoms with van der Waals surface area (Å²) in [5.41, 5.74) is 3.60. The van der Waals surface area contributed by atoms with Crippen LogP contribution in [-0.4, -0.2) is 11.5 Å². The first kappa shape index (κ1) is 13.1. The van der Waals surface area contributed by atoms with E-state index in [-0.39, 0.29) is 0 Å². The zero-order chi connectivity index (χ0) is 13.0. The van der Waals surface area contributed by atoms with E-state index in [9.17, 15) is 0 Å². The molecule has 94 valence electrons. The average molecular weight is 305 g/mol. The fourth-order valence-electron chi connectivity index (χ4n) is 2.04. The van der Waals surface area contributed by atoms with E-state index in [4.69, 9.17) is 0 Å². The predicted octanol–water partition coefficient (Wildman–Crippen LogP) is 4.44. The van der Waals surface area contributed by atoms with E-state index in [0.29, 0.717) is 0 Å². The van der Waals surface area contributed by atoms with Crippen molar-refractivity contribution in [2.24, 2.45) is 0 Å². The van der Waals surface area contributed by atoms with Crippen molar-refractivity contribution in [3.05, 3.63) is 53.7 Å². The number of hydrogen-bond donors (Lipinski definition) is 0. The molecule has 2 nitrogen and oxygen atoms in total. The number of aromatic nitrogens is 1. The molecule has 0 N–H and O–H groups in total. The lowest BCUT2D eigenvalue weighted by Crippen LogP contribution is -2.18. The van der Waals surface area contributed by atoms with E-state index in [0.717, 1.165) is 17.7 Å². The standard InChI is InChI=1S/C15H17BrN2/c1-3-18(14-7-5-4-6-8-14)15-12(2)9-13(10-16)11-17-15/h4-9,11H,3,10H2,1-2H3. The Morgan fingerprint density at radius 1 is 1.22 bits per heavy atom. The van der Waals surface area contributed by atoms with Gasteiger partial charge in [-0.2, -0.15) is 0 Å². The average Bonchev–Trinajstić information content (AvgIpc) is 2.42. The van der Waals surface area contributed by atoms with Crippen molar-refractivity contribution in [2.75, 3.05) is 11.4 Å². The topological polar surface area (TPSA) is 16.1 Å². The number of hydrogen-bond acceptors (Lipinski definition) is 2. The number of rotatable bonds is 4. The van der Waals surface area contributed by atoms with Crippen molar-refractivity contribution in [3.8, 4) is 0 Å². The van der Waals surface area contributed by atoms with Crippen LogP contribution in [0.2, 0.25) is 0 Å². The normalized spacial score (nSPS) is 10.4. The summed E-state index contributed by atoms with van der Waals surface area (Å²) < 4.78 is 0. The summed E-state index contributed by atoms with van der Waals surface area (Å²) in [4.78, 5) is 6.82. The van der Waals surface area contributed by atoms with Gasteiger partial charge >= 0.3 is 0 Å². The summed E-state index contributed by atoms with van der Waals surface area (Å²) in [6, 6.07) is 12.6. The highest BCUT2D eigenvalue weighted by molar-refractivity contribution is 9.08. The Morgan fingerprint density at radius 3 is 2.50 bits per heavy atom. The first-order chi connectivity index (χ1) is 8.76. The quantitative estimate of drug-likeness (QED) is 0.776. The van der Waals surface area contributed by atoms with Crippen LogP contribution in [0.3, 0.4) is 0 Å².